The molecule has 16 heavy (non-hydrogen) atoms. The van der Waals surface area contributed by atoms with Crippen molar-refractivity contribution in [2.75, 3.05) is 13.7 Å². The fraction of sp³-hybridized carbons (Fsp3) is 0.538. The Labute approximate surface area is 95.8 Å². The number of methoxy groups -OCH3 is 1. The van der Waals surface area contributed by atoms with Crippen LogP contribution in [0.15, 0.2) is 18.2 Å². The Morgan fingerprint density at radius 3 is 2.81 bits per heavy atom. The number of hydrogen-bond donors (Lipinski definition) is 1. The largest absolute Gasteiger partial charge is 0.494 e. The minimum absolute atomic E-state index is 0.290. The Kier molecular flexibility index (Phi) is 3.44. The van der Waals surface area contributed by atoms with Gasteiger partial charge in [0, 0.05) is 6.54 Å². The summed E-state index contributed by atoms with van der Waals surface area (Å²) >= 11 is 0. The number of ether oxygens (including phenoxy) is 1. The van der Waals surface area contributed by atoms with Crippen molar-refractivity contribution < 1.29 is 9.13 Å². The Bertz CT molecular complexity index is 367. The van der Waals surface area contributed by atoms with E-state index in [9.17, 15) is 4.39 Å². The van der Waals surface area contributed by atoms with Gasteiger partial charge < -0.3 is 10.1 Å². The van der Waals surface area contributed by atoms with Crippen LogP contribution < -0.4 is 10.1 Å². The van der Waals surface area contributed by atoms with Gasteiger partial charge in [0.25, 0.3) is 0 Å². The van der Waals surface area contributed by atoms with Gasteiger partial charge in [-0.15, -0.1) is 0 Å². The number of hydrogen-bond acceptors (Lipinski definition) is 2. The highest BCUT2D eigenvalue weighted by molar-refractivity contribution is 5.29. The van der Waals surface area contributed by atoms with Gasteiger partial charge in [0.05, 0.1) is 7.11 Å². The third-order valence-electron chi connectivity index (χ3n) is 3.23. The number of halogens is 1. The Morgan fingerprint density at radius 2 is 2.25 bits per heavy atom. The van der Waals surface area contributed by atoms with Crippen LogP contribution in [0.2, 0.25) is 0 Å². The Balaban J connectivity index is 1.82. The predicted octanol–water partition coefficient (Wildman–Crippen LogP) is 2.58. The molecular weight excluding hydrogens is 205 g/mol. The van der Waals surface area contributed by atoms with Gasteiger partial charge in [-0.25, -0.2) is 4.39 Å². The molecule has 0 bridgehead atoms. The molecule has 1 aromatic rings. The van der Waals surface area contributed by atoms with Crippen LogP contribution in [0, 0.1) is 17.7 Å². The predicted molar refractivity (Wildman–Crippen MR) is 61.9 cm³/mol. The van der Waals surface area contributed by atoms with Crippen molar-refractivity contribution in [2.45, 2.75) is 19.9 Å². The fourth-order valence-electron chi connectivity index (χ4n) is 1.91. The minimum atomic E-state index is -0.290. The van der Waals surface area contributed by atoms with Crippen LogP contribution >= 0.6 is 0 Å². The summed E-state index contributed by atoms with van der Waals surface area (Å²) in [5, 5.41) is 3.35. The van der Waals surface area contributed by atoms with Crippen LogP contribution in [0.1, 0.15) is 18.9 Å². The van der Waals surface area contributed by atoms with Gasteiger partial charge in [-0.05, 0) is 42.5 Å². The first-order valence-corrected chi connectivity index (χ1v) is 5.74. The van der Waals surface area contributed by atoms with Crippen LogP contribution in [0.4, 0.5) is 4.39 Å². The molecule has 3 heteroatoms. The highest BCUT2D eigenvalue weighted by Gasteiger charge is 2.31. The summed E-state index contributed by atoms with van der Waals surface area (Å²) < 4.78 is 18.2. The molecule has 2 unspecified atom stereocenters. The van der Waals surface area contributed by atoms with Crippen molar-refractivity contribution in [1.29, 1.82) is 0 Å². The van der Waals surface area contributed by atoms with Crippen LogP contribution in [0.3, 0.4) is 0 Å². The lowest BCUT2D eigenvalue weighted by atomic mass is 10.2. The summed E-state index contributed by atoms with van der Waals surface area (Å²) in [5.41, 5.74) is 0.964. The van der Waals surface area contributed by atoms with Crippen LogP contribution in [-0.4, -0.2) is 13.7 Å². The average Bonchev–Trinajstić information content (AvgIpc) is 2.95. The normalized spacial score (nSPS) is 23.2. The molecule has 1 N–H and O–H groups in total. The maximum atomic E-state index is 13.4. The third kappa shape index (κ3) is 2.73. The average molecular weight is 223 g/mol. The molecule has 1 aliphatic rings. The smallest absolute Gasteiger partial charge is 0.165 e. The van der Waals surface area contributed by atoms with Crippen molar-refractivity contribution in [3.8, 4) is 5.75 Å². The highest BCUT2D eigenvalue weighted by Crippen LogP contribution is 2.36. The molecule has 0 heterocycles. The standard InChI is InChI=1S/C13H18FNO/c1-9-5-11(9)8-15-7-10-3-4-13(16-2)12(14)6-10/h3-4,6,9,11,15H,5,7-8H2,1-2H3. The maximum absolute atomic E-state index is 13.4. The van der Waals surface area contributed by atoms with Gasteiger partial charge in [0.1, 0.15) is 0 Å². The molecular formula is C13H18FNO. The van der Waals surface area contributed by atoms with Crippen molar-refractivity contribution in [2.24, 2.45) is 11.8 Å². The lowest BCUT2D eigenvalue weighted by molar-refractivity contribution is 0.386. The zero-order valence-electron chi connectivity index (χ0n) is 9.79. The van der Waals surface area contributed by atoms with Gasteiger partial charge in [-0.3, -0.25) is 0 Å². The first-order chi connectivity index (χ1) is 7.70. The molecule has 0 radical (unpaired) electrons. The van der Waals surface area contributed by atoms with E-state index in [1.54, 1.807) is 6.07 Å². The molecule has 0 spiro atoms. The van der Waals surface area contributed by atoms with Crippen molar-refractivity contribution in [3.63, 3.8) is 0 Å². The zero-order chi connectivity index (χ0) is 11.5. The third-order valence-corrected chi connectivity index (χ3v) is 3.23. The SMILES string of the molecule is COc1ccc(CNCC2CC2C)cc1F. The molecule has 0 saturated heterocycles. The van der Waals surface area contributed by atoms with E-state index in [1.807, 2.05) is 6.07 Å². The Hall–Kier alpha value is -1.09. The van der Waals surface area contributed by atoms with Gasteiger partial charge in [0.15, 0.2) is 11.6 Å². The monoisotopic (exact) mass is 223 g/mol. The molecule has 1 saturated carbocycles. The molecule has 2 nitrogen and oxygen atoms in total. The van der Waals surface area contributed by atoms with E-state index in [0.717, 1.165) is 30.5 Å². The van der Waals surface area contributed by atoms with E-state index in [0.29, 0.717) is 5.75 Å². The number of nitrogens with one attached hydrogen (secondary N) is 1. The minimum Gasteiger partial charge on any atom is -0.494 e. The first-order valence-electron chi connectivity index (χ1n) is 5.74. The molecule has 0 amide bonds. The molecule has 2 atom stereocenters. The van der Waals surface area contributed by atoms with Gasteiger partial charge in [-0.2, -0.15) is 0 Å². The van der Waals surface area contributed by atoms with Crippen molar-refractivity contribution >= 4 is 0 Å². The van der Waals surface area contributed by atoms with E-state index in [4.69, 9.17) is 4.74 Å². The van der Waals surface area contributed by atoms with Crippen LogP contribution in [0.25, 0.3) is 0 Å². The summed E-state index contributed by atoms with van der Waals surface area (Å²) in [6.45, 7) is 4.03. The van der Waals surface area contributed by atoms with E-state index < -0.39 is 0 Å². The molecule has 1 aliphatic carbocycles. The van der Waals surface area contributed by atoms with Crippen LogP contribution in [0.5, 0.6) is 5.75 Å². The second-order valence-electron chi connectivity index (χ2n) is 4.57. The zero-order valence-corrected chi connectivity index (χ0v) is 9.79. The van der Waals surface area contributed by atoms with Crippen molar-refractivity contribution in [1.82, 2.24) is 5.32 Å². The highest BCUT2D eigenvalue weighted by atomic mass is 19.1. The topological polar surface area (TPSA) is 21.3 Å². The van der Waals surface area contributed by atoms with E-state index in [1.165, 1.54) is 19.6 Å². The molecule has 2 rings (SSSR count). The molecule has 0 aliphatic heterocycles. The summed E-state index contributed by atoms with van der Waals surface area (Å²) in [5.74, 6) is 1.70. The van der Waals surface area contributed by atoms with Gasteiger partial charge >= 0.3 is 0 Å². The molecule has 1 aromatic carbocycles. The second-order valence-corrected chi connectivity index (χ2v) is 4.57. The lowest BCUT2D eigenvalue weighted by Crippen LogP contribution is -2.16. The lowest BCUT2D eigenvalue weighted by Gasteiger charge is -2.06. The molecule has 0 aromatic heterocycles. The second kappa shape index (κ2) is 4.83. The Morgan fingerprint density at radius 1 is 1.50 bits per heavy atom. The summed E-state index contributed by atoms with van der Waals surface area (Å²) in [7, 11) is 1.48. The van der Waals surface area contributed by atoms with Crippen molar-refractivity contribution in [3.05, 3.63) is 29.6 Å². The first kappa shape index (κ1) is 11.4. The molecule has 1 fully saturated rings. The summed E-state index contributed by atoms with van der Waals surface area (Å²) in [6, 6.07) is 5.10. The fourth-order valence-corrected chi connectivity index (χ4v) is 1.91. The van der Waals surface area contributed by atoms with Gasteiger partial charge in [0.2, 0.25) is 0 Å². The van der Waals surface area contributed by atoms with E-state index >= 15 is 0 Å². The van der Waals surface area contributed by atoms with Crippen LogP contribution in [-0.2, 0) is 6.54 Å². The summed E-state index contributed by atoms with van der Waals surface area (Å²) in [4.78, 5) is 0. The van der Waals surface area contributed by atoms with E-state index in [2.05, 4.69) is 12.2 Å². The number of rotatable bonds is 5. The van der Waals surface area contributed by atoms with Gasteiger partial charge in [-0.1, -0.05) is 13.0 Å². The molecule has 88 valence electrons. The quantitative estimate of drug-likeness (QED) is 0.828. The number of benzene rings is 1. The van der Waals surface area contributed by atoms with E-state index in [-0.39, 0.29) is 5.82 Å². The summed E-state index contributed by atoms with van der Waals surface area (Å²) in [6.07, 6.45) is 1.32. The maximum Gasteiger partial charge on any atom is 0.165 e.